The van der Waals surface area contributed by atoms with Crippen molar-refractivity contribution in [1.29, 1.82) is 0 Å². The Morgan fingerprint density at radius 2 is 1.79 bits per heavy atom. The number of carbonyl (C=O) groups excluding carboxylic acids is 1. The van der Waals surface area contributed by atoms with Crippen LogP contribution in [0, 0.1) is 19.3 Å². The summed E-state index contributed by atoms with van der Waals surface area (Å²) in [5, 5.41) is 0. The van der Waals surface area contributed by atoms with Crippen molar-refractivity contribution in [3.63, 3.8) is 0 Å². The number of sulfonamides is 1. The van der Waals surface area contributed by atoms with Crippen molar-refractivity contribution >= 4 is 27.9 Å². The molecule has 0 fully saturated rings. The fourth-order valence-electron chi connectivity index (χ4n) is 5.59. The van der Waals surface area contributed by atoms with Gasteiger partial charge in [0, 0.05) is 37.9 Å². The molecule has 2 aromatic heterocycles. The largest absolute Gasteiger partial charge is 0.475 e. The van der Waals surface area contributed by atoms with Crippen LogP contribution < -0.4 is 14.4 Å². The lowest BCUT2D eigenvalue weighted by atomic mass is 9.87. The molecule has 1 atom stereocenters. The van der Waals surface area contributed by atoms with Gasteiger partial charge in [0.05, 0.1) is 29.8 Å². The van der Waals surface area contributed by atoms with Crippen LogP contribution in [0.25, 0.3) is 11.3 Å². The van der Waals surface area contributed by atoms with E-state index in [1.807, 2.05) is 44.0 Å². The van der Waals surface area contributed by atoms with Gasteiger partial charge in [-0.25, -0.2) is 18.1 Å². The highest BCUT2D eigenvalue weighted by Gasteiger charge is 2.32. The van der Waals surface area contributed by atoms with E-state index in [-0.39, 0.29) is 46.8 Å². The molecule has 5 rings (SSSR count). The first-order valence-corrected chi connectivity index (χ1v) is 16.9. The molecule has 0 spiro atoms. The van der Waals surface area contributed by atoms with Crippen molar-refractivity contribution in [3.05, 3.63) is 77.2 Å². The van der Waals surface area contributed by atoms with Crippen LogP contribution in [-0.4, -0.2) is 74.1 Å². The van der Waals surface area contributed by atoms with E-state index in [1.54, 1.807) is 30.2 Å². The molecule has 47 heavy (non-hydrogen) atoms. The maximum atomic E-state index is 14.3. The van der Waals surface area contributed by atoms with Gasteiger partial charge in [-0.15, -0.1) is 0 Å². The average Bonchev–Trinajstić information content (AvgIpc) is 3.48. The molecule has 1 N–H and O–H groups in total. The van der Waals surface area contributed by atoms with Crippen LogP contribution in [0.5, 0.6) is 5.88 Å². The first kappa shape index (κ1) is 33.9. The fourth-order valence-corrected chi connectivity index (χ4v) is 6.58. The van der Waals surface area contributed by atoms with Gasteiger partial charge in [0.15, 0.2) is 0 Å². The number of likely N-dealkylation sites (N-methyl/N-ethyl adjacent to an activating group) is 1. The lowest BCUT2D eigenvalue weighted by Crippen LogP contribution is -2.45. The highest BCUT2D eigenvalue weighted by Crippen LogP contribution is 2.32. The number of rotatable bonds is 8. The Labute approximate surface area is 276 Å². The molecule has 0 unspecified atom stereocenters. The molecule has 12 nitrogen and oxygen atoms in total. The van der Waals surface area contributed by atoms with Gasteiger partial charge in [0.1, 0.15) is 18.6 Å². The zero-order valence-electron chi connectivity index (χ0n) is 27.9. The van der Waals surface area contributed by atoms with Crippen LogP contribution in [0.15, 0.2) is 64.1 Å². The lowest BCUT2D eigenvalue weighted by Gasteiger charge is -2.35. The third-order valence-corrected chi connectivity index (χ3v) is 9.19. The molecule has 1 aliphatic rings. The van der Waals surface area contributed by atoms with Gasteiger partial charge in [-0.3, -0.25) is 4.79 Å². The Balaban J connectivity index is 1.62. The molecule has 13 heteroatoms. The molecule has 1 aliphatic heterocycles. The number of fused-ring (bicyclic) bond motifs is 4. The van der Waals surface area contributed by atoms with Gasteiger partial charge in [0.25, 0.3) is 21.9 Å². The van der Waals surface area contributed by atoms with E-state index in [0.717, 1.165) is 16.7 Å². The molecule has 4 bridgehead atoms. The zero-order chi connectivity index (χ0) is 33.9. The number of carbonyl (C=O) groups is 1. The summed E-state index contributed by atoms with van der Waals surface area (Å²) in [6, 6.07) is 13.5. The number of aryl methyl sites for hydroxylation is 2. The van der Waals surface area contributed by atoms with Crippen LogP contribution in [-0.2, 0) is 21.3 Å². The lowest BCUT2D eigenvalue weighted by molar-refractivity contribution is 0.0509. The van der Waals surface area contributed by atoms with E-state index in [1.165, 1.54) is 18.4 Å². The smallest absolute Gasteiger partial charge is 0.297 e. The predicted octanol–water partition coefficient (Wildman–Crippen LogP) is 5.47. The summed E-state index contributed by atoms with van der Waals surface area (Å²) in [5.41, 5.74) is 3.84. The SMILES string of the molecule is COCCN(C)c1nc(CN2C(=O)c3cccc(c3)S(=O)(=O)Nc3nc(cc(-c4c(C)cccc4C)n3)OC[C@H]2CC(C)(C)C)co1. The summed E-state index contributed by atoms with van der Waals surface area (Å²) in [7, 11) is -0.708. The summed E-state index contributed by atoms with van der Waals surface area (Å²) in [4.78, 5) is 31.4. The standard InChI is InChI=1S/C34H42N6O6S/c1-22-10-8-11-23(2)30(22)28-17-29-37-32(36-28)38-47(42,43)27-13-9-12-24(16-27)31(41)40(26(21-45-29)18-34(3,4)5)19-25-20-46-33(35-25)39(6)14-15-44-7/h8-13,16-17,20,26H,14-15,18-19,21H2,1-7H3,(H,36,37,38)/t26-/m1/s1. The van der Waals surface area contributed by atoms with E-state index < -0.39 is 16.1 Å². The number of hydrogen-bond acceptors (Lipinski definition) is 10. The van der Waals surface area contributed by atoms with Gasteiger partial charge in [-0.05, 0) is 55.0 Å². The van der Waals surface area contributed by atoms with Gasteiger partial charge in [-0.1, -0.05) is 45.0 Å². The van der Waals surface area contributed by atoms with Crippen molar-refractivity contribution in [2.75, 3.05) is 43.5 Å². The number of nitrogens with zero attached hydrogens (tertiary/aromatic N) is 5. The summed E-state index contributed by atoms with van der Waals surface area (Å²) >= 11 is 0. The first-order chi connectivity index (χ1) is 22.2. The monoisotopic (exact) mass is 662 g/mol. The van der Waals surface area contributed by atoms with Crippen LogP contribution >= 0.6 is 0 Å². The maximum absolute atomic E-state index is 14.3. The van der Waals surface area contributed by atoms with Gasteiger partial charge >= 0.3 is 0 Å². The topological polar surface area (TPSA) is 140 Å². The van der Waals surface area contributed by atoms with Gasteiger partial charge in [0.2, 0.25) is 11.8 Å². The Morgan fingerprint density at radius 1 is 1.06 bits per heavy atom. The number of nitrogens with one attached hydrogen (secondary N) is 1. The third-order valence-electron chi connectivity index (χ3n) is 7.86. The maximum Gasteiger partial charge on any atom is 0.297 e. The van der Waals surface area contributed by atoms with Crippen LogP contribution in [0.3, 0.4) is 0 Å². The van der Waals surface area contributed by atoms with E-state index in [9.17, 15) is 13.2 Å². The van der Waals surface area contributed by atoms with Gasteiger partial charge in [-0.2, -0.15) is 9.97 Å². The van der Waals surface area contributed by atoms with Crippen LogP contribution in [0.4, 0.5) is 12.0 Å². The number of oxazole rings is 1. The molecular weight excluding hydrogens is 620 g/mol. The average molecular weight is 663 g/mol. The predicted molar refractivity (Wildman–Crippen MR) is 179 cm³/mol. The van der Waals surface area contributed by atoms with Crippen molar-refractivity contribution in [3.8, 4) is 17.1 Å². The number of ether oxygens (including phenoxy) is 2. The van der Waals surface area contributed by atoms with Gasteiger partial charge < -0.3 is 23.7 Å². The fraction of sp³-hybridized carbons (Fsp3) is 0.412. The van der Waals surface area contributed by atoms with Crippen molar-refractivity contribution < 1.29 is 27.1 Å². The Hall–Kier alpha value is -4.49. The number of amides is 1. The summed E-state index contributed by atoms with van der Waals surface area (Å²) < 4.78 is 47.0. The molecule has 2 aromatic carbocycles. The minimum atomic E-state index is -4.18. The molecule has 0 saturated heterocycles. The quantitative estimate of drug-likeness (QED) is 0.258. The molecule has 3 heterocycles. The number of methoxy groups -OCH3 is 1. The van der Waals surface area contributed by atoms with Crippen LogP contribution in [0.1, 0.15) is 54.4 Å². The molecule has 1 amide bonds. The highest BCUT2D eigenvalue weighted by atomic mass is 32.2. The van der Waals surface area contributed by atoms with Crippen LogP contribution in [0.2, 0.25) is 0 Å². The normalized spacial score (nSPS) is 16.4. The van der Waals surface area contributed by atoms with Crippen molar-refractivity contribution in [2.45, 2.75) is 58.5 Å². The summed E-state index contributed by atoms with van der Waals surface area (Å²) in [6.45, 7) is 11.5. The summed E-state index contributed by atoms with van der Waals surface area (Å²) in [6.07, 6.45) is 2.09. The van der Waals surface area contributed by atoms with E-state index in [0.29, 0.717) is 37.0 Å². The first-order valence-electron chi connectivity index (χ1n) is 15.4. The number of hydrogen-bond donors (Lipinski definition) is 1. The number of aromatic nitrogens is 3. The third kappa shape index (κ3) is 8.09. The van der Waals surface area contributed by atoms with E-state index in [2.05, 4.69) is 40.4 Å². The Kier molecular flexibility index (Phi) is 9.87. The molecule has 0 saturated carbocycles. The molecular formula is C34H42N6O6S. The van der Waals surface area contributed by atoms with Crippen molar-refractivity contribution in [1.82, 2.24) is 19.9 Å². The molecule has 0 radical (unpaired) electrons. The summed E-state index contributed by atoms with van der Waals surface area (Å²) in [5.74, 6) is -0.324. The second kappa shape index (κ2) is 13.7. The minimum absolute atomic E-state index is 0.0799. The van der Waals surface area contributed by atoms with E-state index >= 15 is 0 Å². The number of anilines is 2. The second-order valence-electron chi connectivity index (χ2n) is 13.0. The van der Waals surface area contributed by atoms with E-state index in [4.69, 9.17) is 13.9 Å². The Morgan fingerprint density at radius 3 is 2.49 bits per heavy atom. The molecule has 250 valence electrons. The second-order valence-corrected chi connectivity index (χ2v) is 14.7. The minimum Gasteiger partial charge on any atom is -0.475 e. The highest BCUT2D eigenvalue weighted by molar-refractivity contribution is 7.92. The van der Waals surface area contributed by atoms with Crippen molar-refractivity contribution in [2.24, 2.45) is 5.41 Å². The number of benzene rings is 2. The molecule has 0 aliphatic carbocycles. The Bertz CT molecular complexity index is 1830. The zero-order valence-corrected chi connectivity index (χ0v) is 28.7. The molecule has 4 aromatic rings.